The molecule has 1 aromatic heterocycles. The molecule has 1 saturated heterocycles. The molecule has 1 fully saturated rings. The van der Waals surface area contributed by atoms with Gasteiger partial charge in [-0.3, -0.25) is 14.9 Å². The molecule has 224 valence electrons. The minimum absolute atomic E-state index is 0.0524. The lowest BCUT2D eigenvalue weighted by Crippen LogP contribution is -2.49. The Bertz CT molecular complexity index is 1810. The van der Waals surface area contributed by atoms with Crippen LogP contribution in [0.4, 0.5) is 24.5 Å². The third-order valence-electron chi connectivity index (χ3n) is 6.75. The Labute approximate surface area is 243 Å². The number of non-ortho nitro benzene ring substituents is 1. The third kappa shape index (κ3) is 6.84. The van der Waals surface area contributed by atoms with Gasteiger partial charge in [-0.25, -0.2) is 21.6 Å². The smallest absolute Gasteiger partial charge is 0.316 e. The standard InChI is InChI=1S/C28H24F3N5O6S/c29-21-3-1-2-20(12-21)17-42-27-26(16-32-35(28(27)37)25-14-22(30)13-23(31)15-25)33-8-10-34(11-9-33)43(40,41)18-19-4-6-24(7-5-19)36(38)39/h1-7,12-16H,8-11,17-18H2. The van der Waals surface area contributed by atoms with Gasteiger partial charge < -0.3 is 9.64 Å². The van der Waals surface area contributed by atoms with Crippen LogP contribution in [-0.2, 0) is 22.4 Å². The maximum absolute atomic E-state index is 13.9. The first-order valence-electron chi connectivity index (χ1n) is 12.9. The molecule has 4 aromatic rings. The Kier molecular flexibility index (Phi) is 8.45. The molecule has 0 N–H and O–H groups in total. The molecule has 0 unspecified atom stereocenters. The summed E-state index contributed by atoms with van der Waals surface area (Å²) < 4.78 is 75.6. The number of nitro benzene ring substituents is 1. The Morgan fingerprint density at radius 2 is 1.56 bits per heavy atom. The molecule has 0 amide bonds. The van der Waals surface area contributed by atoms with Crippen LogP contribution in [0.15, 0.2) is 77.7 Å². The number of sulfonamides is 1. The average molecular weight is 616 g/mol. The van der Waals surface area contributed by atoms with E-state index < -0.39 is 38.0 Å². The topological polar surface area (TPSA) is 128 Å². The lowest BCUT2D eigenvalue weighted by atomic mass is 10.2. The lowest BCUT2D eigenvalue weighted by molar-refractivity contribution is -0.384. The number of rotatable bonds is 9. The maximum Gasteiger partial charge on any atom is 0.316 e. The monoisotopic (exact) mass is 615 g/mol. The number of nitro groups is 1. The molecule has 0 atom stereocenters. The number of aromatic nitrogens is 2. The van der Waals surface area contributed by atoms with Crippen molar-refractivity contribution in [3.05, 3.63) is 122 Å². The molecule has 3 aromatic carbocycles. The van der Waals surface area contributed by atoms with E-state index in [1.54, 1.807) is 11.0 Å². The Balaban J connectivity index is 1.38. The van der Waals surface area contributed by atoms with Gasteiger partial charge in [0, 0.05) is 44.4 Å². The summed E-state index contributed by atoms with van der Waals surface area (Å²) in [7, 11) is -3.78. The maximum atomic E-state index is 13.9. The summed E-state index contributed by atoms with van der Waals surface area (Å²) in [4.78, 5) is 25.5. The van der Waals surface area contributed by atoms with E-state index in [2.05, 4.69) is 5.10 Å². The van der Waals surface area contributed by atoms with Gasteiger partial charge >= 0.3 is 5.56 Å². The first-order valence-corrected chi connectivity index (χ1v) is 14.5. The highest BCUT2D eigenvalue weighted by molar-refractivity contribution is 7.88. The quantitative estimate of drug-likeness (QED) is 0.206. The molecule has 0 spiro atoms. The van der Waals surface area contributed by atoms with Crippen LogP contribution in [0.25, 0.3) is 5.69 Å². The first kappa shape index (κ1) is 29.7. The molecule has 15 heteroatoms. The van der Waals surface area contributed by atoms with Crippen molar-refractivity contribution in [2.75, 3.05) is 31.1 Å². The van der Waals surface area contributed by atoms with Crippen LogP contribution >= 0.6 is 0 Å². The molecule has 43 heavy (non-hydrogen) atoms. The summed E-state index contributed by atoms with van der Waals surface area (Å²) in [5, 5.41) is 15.0. The Morgan fingerprint density at radius 3 is 2.19 bits per heavy atom. The molecule has 0 bridgehead atoms. The van der Waals surface area contributed by atoms with Crippen LogP contribution in [0.2, 0.25) is 0 Å². The van der Waals surface area contributed by atoms with E-state index in [1.807, 2.05) is 0 Å². The summed E-state index contributed by atoms with van der Waals surface area (Å²) in [5.74, 6) is -2.91. The number of nitrogens with zero attached hydrogens (tertiary/aromatic N) is 5. The SMILES string of the molecule is O=c1c(OCc2cccc(F)c2)c(N2CCN(S(=O)(=O)Cc3ccc([N+](=O)[O-])cc3)CC2)cnn1-c1cc(F)cc(F)c1. The molecular weight excluding hydrogens is 591 g/mol. The number of hydrogen-bond donors (Lipinski definition) is 0. The van der Waals surface area contributed by atoms with E-state index in [0.717, 1.165) is 16.8 Å². The second kappa shape index (κ2) is 12.2. The number of anilines is 1. The van der Waals surface area contributed by atoms with Crippen molar-refractivity contribution in [2.24, 2.45) is 0 Å². The summed E-state index contributed by atoms with van der Waals surface area (Å²) in [6, 6.07) is 13.3. The highest BCUT2D eigenvalue weighted by atomic mass is 32.2. The van der Waals surface area contributed by atoms with Crippen LogP contribution in [0.1, 0.15) is 11.1 Å². The molecule has 0 radical (unpaired) electrons. The first-order chi connectivity index (χ1) is 20.5. The molecule has 11 nitrogen and oxygen atoms in total. The van der Waals surface area contributed by atoms with Crippen molar-refractivity contribution in [2.45, 2.75) is 12.4 Å². The molecule has 2 heterocycles. The van der Waals surface area contributed by atoms with E-state index >= 15 is 0 Å². The van der Waals surface area contributed by atoms with Crippen LogP contribution in [-0.4, -0.2) is 53.6 Å². The van der Waals surface area contributed by atoms with Gasteiger partial charge in [-0.05, 0) is 35.4 Å². The van der Waals surface area contributed by atoms with Crippen LogP contribution in [0.3, 0.4) is 0 Å². The normalized spacial score (nSPS) is 14.1. The zero-order chi connectivity index (χ0) is 30.7. The fourth-order valence-electron chi connectivity index (χ4n) is 4.64. The van der Waals surface area contributed by atoms with E-state index in [9.17, 15) is 36.5 Å². The molecule has 1 aliphatic heterocycles. The van der Waals surface area contributed by atoms with E-state index in [0.29, 0.717) is 17.2 Å². The van der Waals surface area contributed by atoms with Gasteiger partial charge in [-0.1, -0.05) is 24.3 Å². The van der Waals surface area contributed by atoms with E-state index in [-0.39, 0.29) is 61.4 Å². The predicted octanol–water partition coefficient (Wildman–Crippen LogP) is 3.79. The summed E-state index contributed by atoms with van der Waals surface area (Å²) in [5.41, 5.74) is -0.112. The van der Waals surface area contributed by atoms with Gasteiger partial charge in [-0.2, -0.15) is 14.1 Å². The third-order valence-corrected chi connectivity index (χ3v) is 8.60. The second-order valence-corrected chi connectivity index (χ2v) is 11.7. The van der Waals surface area contributed by atoms with Crippen molar-refractivity contribution >= 4 is 21.4 Å². The molecular formula is C28H24F3N5O6S. The molecule has 0 saturated carbocycles. The van der Waals surface area contributed by atoms with Crippen molar-refractivity contribution in [3.8, 4) is 11.4 Å². The minimum atomic E-state index is -3.78. The highest BCUT2D eigenvalue weighted by Gasteiger charge is 2.30. The fourth-order valence-corrected chi connectivity index (χ4v) is 6.16. The zero-order valence-corrected chi connectivity index (χ0v) is 23.2. The number of hydrogen-bond acceptors (Lipinski definition) is 8. The van der Waals surface area contributed by atoms with Crippen LogP contribution < -0.4 is 15.2 Å². The minimum Gasteiger partial charge on any atom is -0.481 e. The van der Waals surface area contributed by atoms with Crippen molar-refractivity contribution in [3.63, 3.8) is 0 Å². The lowest BCUT2D eigenvalue weighted by Gasteiger charge is -2.35. The van der Waals surface area contributed by atoms with E-state index in [1.165, 1.54) is 53.0 Å². The second-order valence-electron chi connectivity index (χ2n) is 9.69. The number of piperazine rings is 1. The molecule has 1 aliphatic rings. The Hall–Kier alpha value is -4.76. The zero-order valence-electron chi connectivity index (χ0n) is 22.4. The van der Waals surface area contributed by atoms with Gasteiger partial charge in [-0.15, -0.1) is 0 Å². The fraction of sp³-hybridized carbons (Fsp3) is 0.214. The van der Waals surface area contributed by atoms with Crippen LogP contribution in [0.5, 0.6) is 5.75 Å². The summed E-state index contributed by atoms with van der Waals surface area (Å²) in [6.45, 7) is 0.198. The summed E-state index contributed by atoms with van der Waals surface area (Å²) in [6.07, 6.45) is 1.28. The number of halogens is 3. The number of ether oxygens (including phenoxy) is 1. The highest BCUT2D eigenvalue weighted by Crippen LogP contribution is 2.28. The number of benzene rings is 3. The van der Waals surface area contributed by atoms with Gasteiger partial charge in [0.2, 0.25) is 15.8 Å². The summed E-state index contributed by atoms with van der Waals surface area (Å²) >= 11 is 0. The average Bonchev–Trinajstić information content (AvgIpc) is 2.96. The van der Waals surface area contributed by atoms with Crippen molar-refractivity contribution < 1.29 is 31.2 Å². The van der Waals surface area contributed by atoms with Gasteiger partial charge in [0.15, 0.2) is 0 Å². The van der Waals surface area contributed by atoms with Gasteiger partial charge in [0.1, 0.15) is 29.7 Å². The van der Waals surface area contributed by atoms with Gasteiger partial charge in [0.05, 0.1) is 22.6 Å². The Morgan fingerprint density at radius 1 is 0.884 bits per heavy atom. The van der Waals surface area contributed by atoms with E-state index in [4.69, 9.17) is 4.74 Å². The predicted molar refractivity (Wildman–Crippen MR) is 150 cm³/mol. The van der Waals surface area contributed by atoms with Crippen LogP contribution in [0, 0.1) is 27.6 Å². The van der Waals surface area contributed by atoms with Crippen molar-refractivity contribution in [1.82, 2.24) is 14.1 Å². The van der Waals surface area contributed by atoms with Gasteiger partial charge in [0.25, 0.3) is 5.69 Å². The molecule has 5 rings (SSSR count). The molecule has 0 aliphatic carbocycles. The largest absolute Gasteiger partial charge is 0.481 e. The van der Waals surface area contributed by atoms with Crippen molar-refractivity contribution in [1.29, 1.82) is 0 Å².